The zero-order valence-corrected chi connectivity index (χ0v) is 42.8. The van der Waals surface area contributed by atoms with Gasteiger partial charge in [0.1, 0.15) is 11.2 Å². The van der Waals surface area contributed by atoms with Gasteiger partial charge in [-0.3, -0.25) is 0 Å². The molecular formula is C69H61NO. The second-order valence-corrected chi connectivity index (χ2v) is 23.7. The molecule has 0 saturated heterocycles. The van der Waals surface area contributed by atoms with Crippen LogP contribution in [0, 0.1) is 0 Å². The van der Waals surface area contributed by atoms with Crippen molar-refractivity contribution >= 4 is 39.0 Å². The van der Waals surface area contributed by atoms with E-state index in [0.29, 0.717) is 0 Å². The number of furan rings is 1. The summed E-state index contributed by atoms with van der Waals surface area (Å²) in [7, 11) is 0. The lowest BCUT2D eigenvalue weighted by atomic mass is 9.68. The van der Waals surface area contributed by atoms with Gasteiger partial charge in [0.05, 0.1) is 11.1 Å². The fourth-order valence-electron chi connectivity index (χ4n) is 13.3. The molecule has 1 aromatic heterocycles. The number of benzene rings is 9. The van der Waals surface area contributed by atoms with E-state index >= 15 is 0 Å². The maximum absolute atomic E-state index is 7.31. The first kappa shape index (κ1) is 43.6. The Labute approximate surface area is 419 Å². The summed E-state index contributed by atoms with van der Waals surface area (Å²) in [6.07, 6.45) is 0. The van der Waals surface area contributed by atoms with Crippen LogP contribution in [0.5, 0.6) is 0 Å². The van der Waals surface area contributed by atoms with Crippen LogP contribution in [0.25, 0.3) is 55.3 Å². The molecule has 2 heteroatoms. The quantitative estimate of drug-likeness (QED) is 0.171. The van der Waals surface area contributed by atoms with Crippen molar-refractivity contribution in [3.63, 3.8) is 0 Å². The molecule has 71 heavy (non-hydrogen) atoms. The third-order valence-corrected chi connectivity index (χ3v) is 16.8. The summed E-state index contributed by atoms with van der Waals surface area (Å²) in [5.41, 5.74) is 25.1. The first-order chi connectivity index (χ1) is 34.0. The van der Waals surface area contributed by atoms with Crippen LogP contribution in [0.4, 0.5) is 17.1 Å². The number of hydrogen-bond acceptors (Lipinski definition) is 2. The van der Waals surface area contributed by atoms with Crippen molar-refractivity contribution in [1.82, 2.24) is 0 Å². The maximum atomic E-state index is 7.31. The largest absolute Gasteiger partial charge is 0.455 e. The van der Waals surface area contributed by atoms with Crippen molar-refractivity contribution in [3.05, 3.63) is 244 Å². The molecule has 3 aliphatic carbocycles. The van der Waals surface area contributed by atoms with Crippen LogP contribution >= 0.6 is 0 Å². The number of hydrogen-bond donors (Lipinski definition) is 0. The van der Waals surface area contributed by atoms with Crippen LogP contribution in [-0.2, 0) is 27.1 Å². The topological polar surface area (TPSA) is 16.4 Å². The highest BCUT2D eigenvalue weighted by Gasteiger charge is 2.47. The summed E-state index contributed by atoms with van der Waals surface area (Å²) in [6, 6.07) is 71.4. The molecule has 0 saturated carbocycles. The van der Waals surface area contributed by atoms with Gasteiger partial charge in [-0.15, -0.1) is 0 Å². The monoisotopic (exact) mass is 919 g/mol. The molecule has 0 spiro atoms. The maximum Gasteiger partial charge on any atom is 0.140 e. The van der Waals surface area contributed by atoms with Gasteiger partial charge in [0, 0.05) is 49.7 Å². The molecule has 10 aromatic rings. The minimum absolute atomic E-state index is 0.00957. The van der Waals surface area contributed by atoms with E-state index in [9.17, 15) is 0 Å². The van der Waals surface area contributed by atoms with Crippen molar-refractivity contribution in [1.29, 1.82) is 0 Å². The van der Waals surface area contributed by atoms with E-state index in [1.807, 2.05) is 0 Å². The summed E-state index contributed by atoms with van der Waals surface area (Å²) in [4.78, 5) is 2.54. The zero-order valence-electron chi connectivity index (χ0n) is 42.8. The van der Waals surface area contributed by atoms with Crippen LogP contribution in [0.1, 0.15) is 125 Å². The Bertz CT molecular complexity index is 3780. The predicted molar refractivity (Wildman–Crippen MR) is 298 cm³/mol. The summed E-state index contributed by atoms with van der Waals surface area (Å²) >= 11 is 0. The number of rotatable bonds is 5. The SMILES string of the molecule is CC(C)(C)c1cc(C(C)(C)C)c2oc3c4c(ccc3c2c1)-c1c(N(c2ccc(C3(c5ccccc5)c5ccccc5-c5ccccc53)cc2)c2ccc3c(c2)C(C)(C)c2ccccc2-3)cccc1C4(C)C. The highest BCUT2D eigenvalue weighted by molar-refractivity contribution is 6.11. The lowest BCUT2D eigenvalue weighted by Gasteiger charge is -2.35. The van der Waals surface area contributed by atoms with Gasteiger partial charge >= 0.3 is 0 Å². The normalized spacial score (nSPS) is 15.5. The van der Waals surface area contributed by atoms with E-state index in [2.05, 4.69) is 262 Å². The first-order valence-electron chi connectivity index (χ1n) is 25.6. The molecule has 348 valence electrons. The van der Waals surface area contributed by atoms with Crippen molar-refractivity contribution in [3.8, 4) is 33.4 Å². The van der Waals surface area contributed by atoms with Gasteiger partial charge in [-0.2, -0.15) is 0 Å². The van der Waals surface area contributed by atoms with Crippen LogP contribution in [-0.4, -0.2) is 0 Å². The smallest absolute Gasteiger partial charge is 0.140 e. The Kier molecular flexibility index (Phi) is 9.09. The molecule has 2 nitrogen and oxygen atoms in total. The van der Waals surface area contributed by atoms with Crippen molar-refractivity contribution in [2.75, 3.05) is 4.90 Å². The van der Waals surface area contributed by atoms with Gasteiger partial charge in [-0.1, -0.05) is 215 Å². The summed E-state index contributed by atoms with van der Waals surface area (Å²) in [5, 5.41) is 2.39. The third kappa shape index (κ3) is 6.00. The Hall–Kier alpha value is -7.42. The molecule has 0 atom stereocenters. The lowest BCUT2D eigenvalue weighted by Crippen LogP contribution is -2.28. The summed E-state index contributed by atoms with van der Waals surface area (Å²) in [5.74, 6) is 0. The number of nitrogens with zero attached hydrogens (tertiary/aromatic N) is 1. The van der Waals surface area contributed by atoms with Gasteiger partial charge < -0.3 is 9.32 Å². The van der Waals surface area contributed by atoms with E-state index in [-0.39, 0.29) is 21.7 Å². The molecule has 1 heterocycles. The first-order valence-corrected chi connectivity index (χ1v) is 25.6. The molecule has 0 unspecified atom stereocenters. The fourth-order valence-corrected chi connectivity index (χ4v) is 13.3. The van der Waals surface area contributed by atoms with Crippen molar-refractivity contribution < 1.29 is 4.42 Å². The second kappa shape index (κ2) is 14.8. The van der Waals surface area contributed by atoms with Gasteiger partial charge in [0.2, 0.25) is 0 Å². The van der Waals surface area contributed by atoms with E-state index < -0.39 is 5.41 Å². The van der Waals surface area contributed by atoms with Gasteiger partial charge in [-0.05, 0) is 126 Å². The van der Waals surface area contributed by atoms with Crippen molar-refractivity contribution in [2.24, 2.45) is 0 Å². The molecular weight excluding hydrogens is 859 g/mol. The molecule has 3 aliphatic rings. The van der Waals surface area contributed by atoms with Crippen LogP contribution in [0.3, 0.4) is 0 Å². The number of fused-ring (bicyclic) bond motifs is 13. The van der Waals surface area contributed by atoms with E-state index in [1.54, 1.807) is 0 Å². The zero-order chi connectivity index (χ0) is 49.0. The summed E-state index contributed by atoms with van der Waals surface area (Å²) in [6.45, 7) is 23.4. The molecule has 0 N–H and O–H groups in total. The van der Waals surface area contributed by atoms with E-state index in [1.165, 1.54) is 99.8 Å². The van der Waals surface area contributed by atoms with Crippen LogP contribution in [0.15, 0.2) is 192 Å². The molecule has 0 fully saturated rings. The fraction of sp³-hybridized carbons (Fsp3) is 0.217. The highest BCUT2D eigenvalue weighted by atomic mass is 16.3. The number of anilines is 3. The standard InChI is InChI=1S/C69H61NO/c1-65(2,3)44-39-53-51-37-38-52-61-57(68(9,10)62(52)64(51)71-63(53)59(40-44)66(4,5)6)29-20-30-60(61)70(46-35-36-50-47-23-14-17-26-54(47)67(7,8)58(50)41-46)45-33-31-43(32-34-45)69(42-21-12-11-13-22-42)55-27-18-15-24-48(55)49-25-16-19-28-56(49)69/h11-41H,1-10H3. The summed E-state index contributed by atoms with van der Waals surface area (Å²) < 4.78 is 7.31. The third-order valence-electron chi connectivity index (χ3n) is 16.8. The van der Waals surface area contributed by atoms with Crippen molar-refractivity contribution in [2.45, 2.75) is 96.3 Å². The second-order valence-electron chi connectivity index (χ2n) is 23.7. The average Bonchev–Trinajstić information content (AvgIpc) is 4.03. The minimum atomic E-state index is -0.489. The van der Waals surface area contributed by atoms with Gasteiger partial charge in [-0.25, -0.2) is 0 Å². The molecule has 0 radical (unpaired) electrons. The van der Waals surface area contributed by atoms with E-state index in [0.717, 1.165) is 28.2 Å². The minimum Gasteiger partial charge on any atom is -0.455 e. The highest BCUT2D eigenvalue weighted by Crippen LogP contribution is 2.60. The Morgan fingerprint density at radius 2 is 0.944 bits per heavy atom. The predicted octanol–water partition coefficient (Wildman–Crippen LogP) is 18.6. The Morgan fingerprint density at radius 1 is 0.394 bits per heavy atom. The molecule has 0 amide bonds. The lowest BCUT2D eigenvalue weighted by molar-refractivity contribution is 0.556. The Morgan fingerprint density at radius 3 is 1.59 bits per heavy atom. The average molecular weight is 920 g/mol. The van der Waals surface area contributed by atoms with Crippen LogP contribution in [0.2, 0.25) is 0 Å². The molecule has 9 aromatic carbocycles. The van der Waals surface area contributed by atoms with E-state index in [4.69, 9.17) is 4.42 Å². The molecule has 0 bridgehead atoms. The molecule has 13 rings (SSSR count). The van der Waals surface area contributed by atoms with Gasteiger partial charge in [0.15, 0.2) is 0 Å². The Balaban J connectivity index is 1.05. The van der Waals surface area contributed by atoms with Crippen LogP contribution < -0.4 is 4.90 Å². The van der Waals surface area contributed by atoms with Gasteiger partial charge in [0.25, 0.3) is 0 Å². The molecule has 0 aliphatic heterocycles.